The second-order valence-electron chi connectivity index (χ2n) is 18.1. The van der Waals surface area contributed by atoms with Gasteiger partial charge in [-0.15, -0.1) is 0 Å². The Bertz CT molecular complexity index is 916. The third-order valence-corrected chi connectivity index (χ3v) is 12.2. The third-order valence-electron chi connectivity index (χ3n) is 12.2. The minimum absolute atomic E-state index is 0.00543. The maximum absolute atomic E-state index is 12.5. The summed E-state index contributed by atoms with van der Waals surface area (Å²) >= 11 is 0. The number of nitrogens with one attached hydrogen (secondary N) is 1. The van der Waals surface area contributed by atoms with Gasteiger partial charge in [0.05, 0.1) is 31.3 Å². The van der Waals surface area contributed by atoms with Crippen molar-refractivity contribution < 1.29 is 20.1 Å². The largest absolute Gasteiger partial charge is 0.394 e. The van der Waals surface area contributed by atoms with E-state index in [4.69, 9.17) is 0 Å². The lowest BCUT2D eigenvalue weighted by Gasteiger charge is -2.21. The first-order valence-corrected chi connectivity index (χ1v) is 26.3. The molecule has 0 aliphatic rings. The molecule has 0 aromatic rings. The van der Waals surface area contributed by atoms with Gasteiger partial charge in [0.15, 0.2) is 0 Å². The monoisotopic (exact) mass is 830 g/mol. The first kappa shape index (κ1) is 57.6. The average molecular weight is 830 g/mol. The fourth-order valence-corrected chi connectivity index (χ4v) is 8.14. The summed E-state index contributed by atoms with van der Waals surface area (Å²) in [5, 5.41) is 33.3. The highest BCUT2D eigenvalue weighted by molar-refractivity contribution is 5.76. The van der Waals surface area contributed by atoms with Crippen LogP contribution < -0.4 is 5.32 Å². The van der Waals surface area contributed by atoms with E-state index in [1.807, 2.05) is 6.08 Å². The first-order valence-electron chi connectivity index (χ1n) is 26.3. The lowest BCUT2D eigenvalue weighted by molar-refractivity contribution is -0.124. The molecule has 0 saturated heterocycles. The number of allylic oxidation sites excluding steroid dienone is 5. The lowest BCUT2D eigenvalue weighted by atomic mass is 10.0. The Labute approximate surface area is 368 Å². The van der Waals surface area contributed by atoms with Crippen LogP contribution >= 0.6 is 0 Å². The number of rotatable bonds is 48. The molecule has 3 unspecified atom stereocenters. The second-order valence-corrected chi connectivity index (χ2v) is 18.1. The van der Waals surface area contributed by atoms with Crippen molar-refractivity contribution in [2.75, 3.05) is 6.61 Å². The van der Waals surface area contributed by atoms with E-state index in [9.17, 15) is 20.1 Å². The third kappa shape index (κ3) is 45.9. The number of aliphatic hydroxyl groups excluding tert-OH is 3. The van der Waals surface area contributed by atoms with Crippen molar-refractivity contribution in [3.05, 3.63) is 36.5 Å². The van der Waals surface area contributed by atoms with Gasteiger partial charge in [0.2, 0.25) is 5.91 Å². The molecule has 0 aliphatic heterocycles. The van der Waals surface area contributed by atoms with E-state index in [1.54, 1.807) is 6.08 Å². The van der Waals surface area contributed by atoms with Crippen molar-refractivity contribution >= 4 is 5.91 Å². The van der Waals surface area contributed by atoms with Gasteiger partial charge in [-0.3, -0.25) is 4.79 Å². The average Bonchev–Trinajstić information content (AvgIpc) is 3.23. The van der Waals surface area contributed by atoms with Crippen LogP contribution in [0.15, 0.2) is 36.5 Å². The maximum atomic E-state index is 12.5. The predicted molar refractivity (Wildman–Crippen MR) is 259 cm³/mol. The Morgan fingerprint density at radius 2 is 0.729 bits per heavy atom. The van der Waals surface area contributed by atoms with E-state index in [1.165, 1.54) is 212 Å². The molecule has 0 bridgehead atoms. The van der Waals surface area contributed by atoms with E-state index in [0.29, 0.717) is 6.42 Å². The molecule has 348 valence electrons. The Morgan fingerprint density at radius 1 is 0.424 bits per heavy atom. The van der Waals surface area contributed by atoms with Crippen LogP contribution in [0, 0.1) is 0 Å². The molecule has 1 amide bonds. The Morgan fingerprint density at radius 3 is 1.08 bits per heavy atom. The molecule has 0 radical (unpaired) electrons. The van der Waals surface area contributed by atoms with Crippen LogP contribution in [0.5, 0.6) is 0 Å². The minimum Gasteiger partial charge on any atom is -0.394 e. The predicted octanol–water partition coefficient (Wildman–Crippen LogP) is 15.9. The number of carbonyl (C=O) groups is 1. The van der Waals surface area contributed by atoms with Gasteiger partial charge in [-0.2, -0.15) is 0 Å². The minimum atomic E-state index is -0.958. The summed E-state index contributed by atoms with van der Waals surface area (Å²) in [7, 11) is 0. The van der Waals surface area contributed by atoms with Crippen LogP contribution in [0.3, 0.4) is 0 Å². The number of aliphatic hydroxyl groups is 3. The SMILES string of the molecule is CCCCCCCC/C=C/CC/C=C/CC/C=C/C(O)C(CO)NC(=O)CC(O)CCCCCCCCCCCCCCCCCCCCCCCCCCCCCC. The van der Waals surface area contributed by atoms with Crippen LogP contribution in [0.1, 0.15) is 277 Å². The van der Waals surface area contributed by atoms with E-state index in [2.05, 4.69) is 43.5 Å². The molecule has 4 N–H and O–H groups in total. The molecule has 0 aliphatic carbocycles. The van der Waals surface area contributed by atoms with Crippen molar-refractivity contribution in [1.82, 2.24) is 5.32 Å². The maximum Gasteiger partial charge on any atom is 0.222 e. The zero-order valence-electron chi connectivity index (χ0n) is 39.6. The lowest BCUT2D eigenvalue weighted by Crippen LogP contribution is -2.45. The fourth-order valence-electron chi connectivity index (χ4n) is 8.14. The molecule has 0 aromatic heterocycles. The van der Waals surface area contributed by atoms with E-state index >= 15 is 0 Å². The summed E-state index contributed by atoms with van der Waals surface area (Å²) in [5.41, 5.74) is 0. The molecule has 5 nitrogen and oxygen atoms in total. The van der Waals surface area contributed by atoms with Crippen molar-refractivity contribution in [3.8, 4) is 0 Å². The van der Waals surface area contributed by atoms with Gasteiger partial charge in [-0.25, -0.2) is 0 Å². The Hall–Kier alpha value is -1.43. The van der Waals surface area contributed by atoms with E-state index in [0.717, 1.165) is 38.5 Å². The summed E-state index contributed by atoms with van der Waals surface area (Å²) in [6.07, 6.45) is 63.3. The van der Waals surface area contributed by atoms with Gasteiger partial charge in [-0.1, -0.05) is 262 Å². The van der Waals surface area contributed by atoms with Crippen molar-refractivity contribution in [2.24, 2.45) is 0 Å². The molecule has 0 aromatic carbocycles. The highest BCUT2D eigenvalue weighted by Crippen LogP contribution is 2.17. The molecule has 5 heteroatoms. The summed E-state index contributed by atoms with van der Waals surface area (Å²) in [4.78, 5) is 12.5. The normalized spacial score (nSPS) is 13.6. The molecule has 0 fully saturated rings. The quantitative estimate of drug-likeness (QED) is 0.0363. The molecular weight excluding hydrogens is 727 g/mol. The highest BCUT2D eigenvalue weighted by Gasteiger charge is 2.20. The topological polar surface area (TPSA) is 89.8 Å². The van der Waals surface area contributed by atoms with Crippen LogP contribution in [0.4, 0.5) is 0 Å². The molecule has 0 saturated carbocycles. The number of unbranched alkanes of at least 4 members (excludes halogenated alkanes) is 35. The highest BCUT2D eigenvalue weighted by atomic mass is 16.3. The van der Waals surface area contributed by atoms with Crippen LogP contribution in [0.25, 0.3) is 0 Å². The smallest absolute Gasteiger partial charge is 0.222 e. The van der Waals surface area contributed by atoms with Crippen molar-refractivity contribution in [2.45, 2.75) is 295 Å². The fraction of sp³-hybridized carbons (Fsp3) is 0.870. The molecule has 0 spiro atoms. The van der Waals surface area contributed by atoms with Crippen molar-refractivity contribution in [1.29, 1.82) is 0 Å². The number of carbonyl (C=O) groups excluding carboxylic acids is 1. The van der Waals surface area contributed by atoms with Gasteiger partial charge in [0, 0.05) is 0 Å². The van der Waals surface area contributed by atoms with Crippen LogP contribution in [0.2, 0.25) is 0 Å². The standard InChI is InChI=1S/C54H103NO4/c1-3-5-7-9-11-13-15-17-19-21-22-23-24-25-26-27-28-29-30-31-32-33-35-37-39-41-43-45-47-51(57)49-54(59)55-52(50-56)53(58)48-46-44-42-40-38-36-34-20-18-16-14-12-10-8-6-4-2/h18,20,38,40,46,48,51-53,56-58H,3-17,19,21-37,39,41-45,47,49-50H2,1-2H3,(H,55,59)/b20-18+,40-38+,48-46+. The van der Waals surface area contributed by atoms with E-state index in [-0.39, 0.29) is 18.9 Å². The summed E-state index contributed by atoms with van der Waals surface area (Å²) in [6, 6.07) is -0.766. The summed E-state index contributed by atoms with van der Waals surface area (Å²) in [5.74, 6) is -0.326. The number of hydrogen-bond donors (Lipinski definition) is 4. The molecule has 0 rings (SSSR count). The Balaban J connectivity index is 3.57. The zero-order chi connectivity index (χ0) is 43.0. The molecule has 59 heavy (non-hydrogen) atoms. The van der Waals surface area contributed by atoms with Crippen LogP contribution in [-0.2, 0) is 4.79 Å². The second kappa shape index (κ2) is 49.2. The summed E-state index contributed by atoms with van der Waals surface area (Å²) < 4.78 is 0. The zero-order valence-corrected chi connectivity index (χ0v) is 39.6. The van der Waals surface area contributed by atoms with Gasteiger partial charge in [0.25, 0.3) is 0 Å². The van der Waals surface area contributed by atoms with Gasteiger partial charge in [0.1, 0.15) is 0 Å². The van der Waals surface area contributed by atoms with Gasteiger partial charge >= 0.3 is 0 Å². The number of hydrogen-bond acceptors (Lipinski definition) is 4. The molecular formula is C54H103NO4. The summed E-state index contributed by atoms with van der Waals surface area (Å²) in [6.45, 7) is 4.21. The van der Waals surface area contributed by atoms with Gasteiger partial charge in [-0.05, 0) is 44.9 Å². The van der Waals surface area contributed by atoms with Crippen molar-refractivity contribution in [3.63, 3.8) is 0 Å². The van der Waals surface area contributed by atoms with E-state index < -0.39 is 18.2 Å². The Kier molecular flexibility index (Phi) is 48.0. The number of amides is 1. The van der Waals surface area contributed by atoms with Crippen LogP contribution in [-0.4, -0.2) is 46.1 Å². The molecule has 3 atom stereocenters. The first-order chi connectivity index (χ1) is 29.0. The molecule has 0 heterocycles. The van der Waals surface area contributed by atoms with Gasteiger partial charge < -0.3 is 20.6 Å².